The van der Waals surface area contributed by atoms with Gasteiger partial charge in [-0.25, -0.2) is 0 Å². The predicted molar refractivity (Wildman–Crippen MR) is 71.9 cm³/mol. The van der Waals surface area contributed by atoms with Crippen LogP contribution in [0.1, 0.15) is 15.9 Å². The molecule has 0 aliphatic carbocycles. The lowest BCUT2D eigenvalue weighted by molar-refractivity contribution is 0.112. The van der Waals surface area contributed by atoms with Crippen LogP contribution in [0.15, 0.2) is 35.0 Å². The van der Waals surface area contributed by atoms with Crippen LogP contribution < -0.4 is 9.47 Å². The highest BCUT2D eigenvalue weighted by molar-refractivity contribution is 7.07. The molecular formula is C14H14O3S. The molecule has 0 aliphatic rings. The first kappa shape index (κ1) is 12.6. The molecule has 0 saturated carbocycles. The van der Waals surface area contributed by atoms with E-state index in [1.54, 1.807) is 36.6 Å². The molecule has 1 aromatic carbocycles. The molecule has 0 spiro atoms. The highest BCUT2D eigenvalue weighted by Gasteiger charge is 2.05. The van der Waals surface area contributed by atoms with E-state index in [1.165, 1.54) is 5.56 Å². The van der Waals surface area contributed by atoms with Gasteiger partial charge in [-0.05, 0) is 40.6 Å². The number of hydrogen-bond acceptors (Lipinski definition) is 4. The molecule has 0 saturated heterocycles. The van der Waals surface area contributed by atoms with Gasteiger partial charge in [-0.1, -0.05) is 0 Å². The van der Waals surface area contributed by atoms with Gasteiger partial charge in [0.25, 0.3) is 0 Å². The fourth-order valence-electron chi connectivity index (χ4n) is 1.59. The maximum Gasteiger partial charge on any atom is 0.161 e. The zero-order chi connectivity index (χ0) is 12.8. The van der Waals surface area contributed by atoms with Gasteiger partial charge in [-0.3, -0.25) is 4.79 Å². The van der Waals surface area contributed by atoms with Gasteiger partial charge in [0.1, 0.15) is 6.29 Å². The minimum atomic E-state index is 0.581. The molecule has 0 radical (unpaired) electrons. The smallest absolute Gasteiger partial charge is 0.161 e. The summed E-state index contributed by atoms with van der Waals surface area (Å²) in [5, 5.41) is 4.16. The molecule has 2 aromatic rings. The maximum absolute atomic E-state index is 10.7. The van der Waals surface area contributed by atoms with E-state index in [2.05, 4.69) is 16.8 Å². The highest BCUT2D eigenvalue weighted by Crippen LogP contribution is 2.27. The molecule has 0 fully saturated rings. The lowest BCUT2D eigenvalue weighted by Crippen LogP contribution is -2.02. The molecule has 4 heteroatoms. The SMILES string of the molecule is COc1cc(C=O)ccc1OCCc1ccsc1. The molecule has 1 aromatic heterocycles. The molecule has 2 rings (SSSR count). The van der Waals surface area contributed by atoms with E-state index in [4.69, 9.17) is 9.47 Å². The molecular weight excluding hydrogens is 248 g/mol. The Labute approximate surface area is 110 Å². The summed E-state index contributed by atoms with van der Waals surface area (Å²) in [6.45, 7) is 0.591. The molecule has 1 heterocycles. The van der Waals surface area contributed by atoms with E-state index in [1.807, 2.05) is 0 Å². The Balaban J connectivity index is 1.98. The Bertz CT molecular complexity index is 506. The van der Waals surface area contributed by atoms with Crippen molar-refractivity contribution in [2.24, 2.45) is 0 Å². The van der Waals surface area contributed by atoms with Crippen LogP contribution in [0, 0.1) is 0 Å². The van der Waals surface area contributed by atoms with Crippen LogP contribution in [0.25, 0.3) is 0 Å². The molecule has 0 bridgehead atoms. The van der Waals surface area contributed by atoms with Gasteiger partial charge in [-0.2, -0.15) is 11.3 Å². The lowest BCUT2D eigenvalue weighted by atomic mass is 10.2. The van der Waals surface area contributed by atoms with Crippen LogP contribution in [-0.2, 0) is 6.42 Å². The van der Waals surface area contributed by atoms with Gasteiger partial charge in [0.05, 0.1) is 13.7 Å². The van der Waals surface area contributed by atoms with Crippen molar-refractivity contribution < 1.29 is 14.3 Å². The second-order valence-electron chi connectivity index (χ2n) is 3.76. The van der Waals surface area contributed by atoms with E-state index in [0.717, 1.165) is 12.7 Å². The van der Waals surface area contributed by atoms with Gasteiger partial charge in [0.15, 0.2) is 11.5 Å². The van der Waals surface area contributed by atoms with Crippen molar-refractivity contribution in [3.63, 3.8) is 0 Å². The second-order valence-corrected chi connectivity index (χ2v) is 4.54. The third-order valence-electron chi connectivity index (χ3n) is 2.55. The molecule has 18 heavy (non-hydrogen) atoms. The van der Waals surface area contributed by atoms with E-state index in [0.29, 0.717) is 23.7 Å². The lowest BCUT2D eigenvalue weighted by Gasteiger charge is -2.10. The first-order valence-corrected chi connectivity index (χ1v) is 6.55. The topological polar surface area (TPSA) is 35.5 Å². The van der Waals surface area contributed by atoms with E-state index in [9.17, 15) is 4.79 Å². The summed E-state index contributed by atoms with van der Waals surface area (Å²) in [5.41, 5.74) is 1.85. The summed E-state index contributed by atoms with van der Waals surface area (Å²) >= 11 is 1.68. The summed E-state index contributed by atoms with van der Waals surface area (Å²) in [7, 11) is 1.57. The Kier molecular flexibility index (Phi) is 4.36. The predicted octanol–water partition coefficient (Wildman–Crippen LogP) is 3.19. The van der Waals surface area contributed by atoms with Crippen LogP contribution in [-0.4, -0.2) is 20.0 Å². The average molecular weight is 262 g/mol. The van der Waals surface area contributed by atoms with Crippen molar-refractivity contribution in [1.82, 2.24) is 0 Å². The van der Waals surface area contributed by atoms with Crippen LogP contribution in [0.5, 0.6) is 11.5 Å². The van der Waals surface area contributed by atoms with Gasteiger partial charge < -0.3 is 9.47 Å². The Morgan fingerprint density at radius 2 is 2.17 bits per heavy atom. The van der Waals surface area contributed by atoms with E-state index >= 15 is 0 Å². The highest BCUT2D eigenvalue weighted by atomic mass is 32.1. The Morgan fingerprint density at radius 3 is 2.83 bits per heavy atom. The zero-order valence-corrected chi connectivity index (χ0v) is 10.9. The first-order valence-electron chi connectivity index (χ1n) is 5.60. The van der Waals surface area contributed by atoms with E-state index < -0.39 is 0 Å². The monoisotopic (exact) mass is 262 g/mol. The van der Waals surface area contributed by atoms with Crippen molar-refractivity contribution in [2.75, 3.05) is 13.7 Å². The molecule has 0 aliphatic heterocycles. The molecule has 0 unspecified atom stereocenters. The standard InChI is InChI=1S/C14H14O3S/c1-16-14-8-12(9-15)2-3-13(14)17-6-4-11-5-7-18-10-11/h2-3,5,7-10H,4,6H2,1H3. The average Bonchev–Trinajstić information content (AvgIpc) is 2.92. The molecule has 0 N–H and O–H groups in total. The summed E-state index contributed by atoms with van der Waals surface area (Å²) in [4.78, 5) is 10.7. The van der Waals surface area contributed by atoms with Crippen LogP contribution in [0.3, 0.4) is 0 Å². The third kappa shape index (κ3) is 3.11. The van der Waals surface area contributed by atoms with Crippen molar-refractivity contribution in [1.29, 1.82) is 0 Å². The van der Waals surface area contributed by atoms with Gasteiger partial charge in [0, 0.05) is 12.0 Å². The quantitative estimate of drug-likeness (QED) is 0.750. The minimum absolute atomic E-state index is 0.581. The second kappa shape index (κ2) is 6.21. The number of benzene rings is 1. The van der Waals surface area contributed by atoms with Crippen molar-refractivity contribution in [2.45, 2.75) is 6.42 Å². The largest absolute Gasteiger partial charge is 0.493 e. The van der Waals surface area contributed by atoms with E-state index in [-0.39, 0.29) is 0 Å². The number of hydrogen-bond donors (Lipinski definition) is 0. The number of thiophene rings is 1. The number of ether oxygens (including phenoxy) is 2. The number of carbonyl (C=O) groups excluding carboxylic acids is 1. The normalized spacial score (nSPS) is 10.1. The maximum atomic E-state index is 10.7. The molecule has 0 amide bonds. The zero-order valence-electron chi connectivity index (χ0n) is 10.1. The van der Waals surface area contributed by atoms with Crippen LogP contribution in [0.4, 0.5) is 0 Å². The summed E-state index contributed by atoms with van der Waals surface area (Å²) in [5.74, 6) is 1.25. The van der Waals surface area contributed by atoms with Gasteiger partial charge >= 0.3 is 0 Å². The van der Waals surface area contributed by atoms with Gasteiger partial charge in [0.2, 0.25) is 0 Å². The molecule has 0 atom stereocenters. The number of aldehydes is 1. The molecule has 3 nitrogen and oxygen atoms in total. The van der Waals surface area contributed by atoms with Gasteiger partial charge in [-0.15, -0.1) is 0 Å². The summed E-state index contributed by atoms with van der Waals surface area (Å²) in [6.07, 6.45) is 1.65. The summed E-state index contributed by atoms with van der Waals surface area (Å²) in [6, 6.07) is 7.24. The Hall–Kier alpha value is -1.81. The number of carbonyl (C=O) groups is 1. The fourth-order valence-corrected chi connectivity index (χ4v) is 2.29. The van der Waals surface area contributed by atoms with Crippen LogP contribution in [0.2, 0.25) is 0 Å². The van der Waals surface area contributed by atoms with Crippen molar-refractivity contribution in [3.05, 3.63) is 46.2 Å². The van der Waals surface area contributed by atoms with Crippen molar-refractivity contribution in [3.8, 4) is 11.5 Å². The first-order chi connectivity index (χ1) is 8.83. The van der Waals surface area contributed by atoms with Crippen molar-refractivity contribution >= 4 is 17.6 Å². The number of rotatable bonds is 6. The van der Waals surface area contributed by atoms with Crippen LogP contribution >= 0.6 is 11.3 Å². The summed E-state index contributed by atoms with van der Waals surface area (Å²) < 4.78 is 10.9. The third-order valence-corrected chi connectivity index (χ3v) is 3.28. The number of methoxy groups -OCH3 is 1. The minimum Gasteiger partial charge on any atom is -0.493 e. The Morgan fingerprint density at radius 1 is 1.28 bits per heavy atom. The fraction of sp³-hybridized carbons (Fsp3) is 0.214. The molecule has 94 valence electrons.